The van der Waals surface area contributed by atoms with Crippen LogP contribution in [0.25, 0.3) is 0 Å². The molecule has 32 heavy (non-hydrogen) atoms. The molecule has 1 amide bonds. The van der Waals surface area contributed by atoms with Gasteiger partial charge in [-0.05, 0) is 61.1 Å². The van der Waals surface area contributed by atoms with Crippen molar-refractivity contribution >= 4 is 46.4 Å². The Bertz CT molecular complexity index is 1060. The number of rotatable bonds is 5. The van der Waals surface area contributed by atoms with E-state index >= 15 is 0 Å². The molecule has 2 fully saturated rings. The predicted molar refractivity (Wildman–Crippen MR) is 117 cm³/mol. The lowest BCUT2D eigenvalue weighted by Crippen LogP contribution is -2.45. The second-order valence-corrected chi connectivity index (χ2v) is 9.79. The number of carbonyl (C=O) groups is 1. The molecule has 1 heterocycles. The first kappa shape index (κ1) is 23.5. The lowest BCUT2D eigenvalue weighted by Gasteiger charge is -2.33. The maximum absolute atomic E-state index is 14.8. The summed E-state index contributed by atoms with van der Waals surface area (Å²) in [5.41, 5.74) is 3.03. The van der Waals surface area contributed by atoms with Crippen molar-refractivity contribution in [2.24, 2.45) is 11.1 Å². The van der Waals surface area contributed by atoms with Gasteiger partial charge in [-0.1, -0.05) is 40.9 Å². The Morgan fingerprint density at radius 1 is 1.06 bits per heavy atom. The number of carbonyl (C=O) groups excluding carboxylic acids is 1. The number of benzene rings is 2. The van der Waals surface area contributed by atoms with Crippen molar-refractivity contribution in [1.29, 1.82) is 0 Å². The molecule has 0 radical (unpaired) electrons. The molecule has 2 aliphatic rings. The SMILES string of the molecule is NC(=O)C1(Cc2ccc(N3CCC(c4cc(Cl)c(Cl)c(Cl)c4)(C(F)(F)F)C3)cc2F)CC1. The summed E-state index contributed by atoms with van der Waals surface area (Å²) in [7, 11) is 0. The maximum Gasteiger partial charge on any atom is 0.400 e. The van der Waals surface area contributed by atoms with Gasteiger partial charge < -0.3 is 10.6 Å². The van der Waals surface area contributed by atoms with Gasteiger partial charge in [0.05, 0.1) is 20.5 Å². The van der Waals surface area contributed by atoms with Crippen LogP contribution in [0.15, 0.2) is 30.3 Å². The van der Waals surface area contributed by atoms with Crippen LogP contribution in [0, 0.1) is 11.2 Å². The normalized spacial score (nSPS) is 22.3. The van der Waals surface area contributed by atoms with E-state index in [-0.39, 0.29) is 40.0 Å². The fourth-order valence-electron chi connectivity index (χ4n) is 4.39. The van der Waals surface area contributed by atoms with E-state index in [4.69, 9.17) is 40.5 Å². The van der Waals surface area contributed by atoms with E-state index in [1.807, 2.05) is 0 Å². The average molecular weight is 510 g/mol. The van der Waals surface area contributed by atoms with Gasteiger partial charge in [0.25, 0.3) is 0 Å². The molecule has 10 heteroatoms. The Morgan fingerprint density at radius 3 is 2.19 bits per heavy atom. The summed E-state index contributed by atoms with van der Waals surface area (Å²) in [6.07, 6.45) is -3.45. The number of alkyl halides is 3. The zero-order valence-corrected chi connectivity index (χ0v) is 19.0. The van der Waals surface area contributed by atoms with Crippen molar-refractivity contribution in [3.05, 3.63) is 62.3 Å². The molecule has 1 saturated heterocycles. The Hall–Kier alpha value is -1.70. The molecule has 2 aromatic rings. The van der Waals surface area contributed by atoms with Gasteiger partial charge in [0.2, 0.25) is 5.91 Å². The van der Waals surface area contributed by atoms with Crippen molar-refractivity contribution in [2.45, 2.75) is 37.3 Å². The minimum Gasteiger partial charge on any atom is -0.370 e. The molecule has 3 nitrogen and oxygen atoms in total. The van der Waals surface area contributed by atoms with Gasteiger partial charge >= 0.3 is 6.18 Å². The van der Waals surface area contributed by atoms with E-state index in [0.29, 0.717) is 24.1 Å². The van der Waals surface area contributed by atoms with E-state index in [1.165, 1.54) is 29.2 Å². The summed E-state index contributed by atoms with van der Waals surface area (Å²) in [4.78, 5) is 13.1. The molecule has 1 saturated carbocycles. The topological polar surface area (TPSA) is 46.3 Å². The monoisotopic (exact) mass is 508 g/mol. The maximum atomic E-state index is 14.8. The minimum atomic E-state index is -4.60. The number of hydrogen-bond acceptors (Lipinski definition) is 2. The summed E-state index contributed by atoms with van der Waals surface area (Å²) >= 11 is 17.9. The number of primary amides is 1. The molecule has 2 aromatic carbocycles. The van der Waals surface area contributed by atoms with Crippen molar-refractivity contribution in [1.82, 2.24) is 0 Å². The van der Waals surface area contributed by atoms with Gasteiger partial charge in [0.15, 0.2) is 0 Å². The molecule has 0 aromatic heterocycles. The fourth-order valence-corrected chi connectivity index (χ4v) is 4.99. The second-order valence-electron chi connectivity index (χ2n) is 8.60. The van der Waals surface area contributed by atoms with E-state index in [9.17, 15) is 22.4 Å². The van der Waals surface area contributed by atoms with E-state index < -0.39 is 35.3 Å². The van der Waals surface area contributed by atoms with Gasteiger partial charge in [0, 0.05) is 18.8 Å². The molecule has 1 atom stereocenters. The molecule has 2 N–H and O–H groups in total. The Kier molecular flexibility index (Phi) is 5.83. The van der Waals surface area contributed by atoms with Crippen LogP contribution < -0.4 is 10.6 Å². The average Bonchev–Trinajstić information content (AvgIpc) is 3.34. The summed E-state index contributed by atoms with van der Waals surface area (Å²) < 4.78 is 57.7. The van der Waals surface area contributed by atoms with Gasteiger partial charge in [0.1, 0.15) is 11.2 Å². The summed E-state index contributed by atoms with van der Waals surface area (Å²) in [5.74, 6) is -1.03. The zero-order valence-electron chi connectivity index (χ0n) is 16.7. The van der Waals surface area contributed by atoms with E-state index in [1.54, 1.807) is 6.07 Å². The molecular formula is C22H19Cl3F4N2O. The smallest absolute Gasteiger partial charge is 0.370 e. The van der Waals surface area contributed by atoms with Crippen molar-refractivity contribution < 1.29 is 22.4 Å². The van der Waals surface area contributed by atoms with Gasteiger partial charge in [-0.3, -0.25) is 4.79 Å². The van der Waals surface area contributed by atoms with Crippen LogP contribution in [0.4, 0.5) is 23.2 Å². The molecule has 1 unspecified atom stereocenters. The summed E-state index contributed by atoms with van der Waals surface area (Å²) in [5, 5.41) is -0.128. The molecule has 1 aliphatic heterocycles. The molecule has 1 aliphatic carbocycles. The highest BCUT2D eigenvalue weighted by atomic mass is 35.5. The van der Waals surface area contributed by atoms with Crippen LogP contribution in [0.2, 0.25) is 15.1 Å². The molecular weight excluding hydrogens is 491 g/mol. The Morgan fingerprint density at radius 2 is 1.69 bits per heavy atom. The first-order chi connectivity index (χ1) is 14.9. The Labute approximate surface area is 197 Å². The second kappa shape index (κ2) is 7.96. The van der Waals surface area contributed by atoms with E-state index in [0.717, 1.165) is 0 Å². The van der Waals surface area contributed by atoms with Crippen LogP contribution in [-0.4, -0.2) is 25.2 Å². The highest BCUT2D eigenvalue weighted by molar-refractivity contribution is 6.48. The Balaban J connectivity index is 1.63. The highest BCUT2D eigenvalue weighted by Crippen LogP contribution is 2.51. The van der Waals surface area contributed by atoms with Crippen LogP contribution in [-0.2, 0) is 16.6 Å². The molecule has 0 spiro atoms. The van der Waals surface area contributed by atoms with E-state index in [2.05, 4.69) is 0 Å². The van der Waals surface area contributed by atoms with Gasteiger partial charge in [-0.15, -0.1) is 0 Å². The number of halogens is 7. The van der Waals surface area contributed by atoms with Crippen LogP contribution in [0.5, 0.6) is 0 Å². The van der Waals surface area contributed by atoms with Gasteiger partial charge in [-0.25, -0.2) is 4.39 Å². The third-order valence-corrected chi connectivity index (χ3v) is 7.85. The van der Waals surface area contributed by atoms with Crippen LogP contribution >= 0.6 is 34.8 Å². The molecule has 172 valence electrons. The fraction of sp³-hybridized carbons (Fsp3) is 0.409. The third kappa shape index (κ3) is 3.93. The largest absolute Gasteiger partial charge is 0.400 e. The van der Waals surface area contributed by atoms with Crippen LogP contribution in [0.3, 0.4) is 0 Å². The first-order valence-electron chi connectivity index (χ1n) is 9.94. The number of amides is 1. The number of nitrogens with zero attached hydrogens (tertiary/aromatic N) is 1. The number of nitrogens with two attached hydrogens (primary N) is 1. The molecule has 4 rings (SSSR count). The highest BCUT2D eigenvalue weighted by Gasteiger charge is 2.59. The van der Waals surface area contributed by atoms with Crippen molar-refractivity contribution in [3.63, 3.8) is 0 Å². The van der Waals surface area contributed by atoms with Gasteiger partial charge in [-0.2, -0.15) is 13.2 Å². The first-order valence-corrected chi connectivity index (χ1v) is 11.1. The minimum absolute atomic E-state index is 0.00804. The van der Waals surface area contributed by atoms with Crippen molar-refractivity contribution in [2.75, 3.05) is 18.0 Å². The summed E-state index contributed by atoms with van der Waals surface area (Å²) in [6.45, 7) is -0.365. The molecule has 0 bridgehead atoms. The number of hydrogen-bond donors (Lipinski definition) is 1. The van der Waals surface area contributed by atoms with Crippen molar-refractivity contribution in [3.8, 4) is 0 Å². The number of anilines is 1. The van der Waals surface area contributed by atoms with Crippen LogP contribution in [0.1, 0.15) is 30.4 Å². The predicted octanol–water partition coefficient (Wildman–Crippen LogP) is 6.30. The third-order valence-electron chi connectivity index (χ3n) is 6.66. The summed E-state index contributed by atoms with van der Waals surface area (Å²) in [6, 6.07) is 6.67. The standard InChI is InChI=1S/C22H19Cl3F4N2O/c23-15-7-13(8-16(24)18(15)25)21(22(27,28)29)5-6-31(11-21)14-2-1-12(17(26)9-14)10-20(3-4-20)19(30)32/h1-2,7-9H,3-6,10-11H2,(H2,30,32). The lowest BCUT2D eigenvalue weighted by molar-refractivity contribution is -0.184. The lowest BCUT2D eigenvalue weighted by atomic mass is 9.79. The zero-order chi connectivity index (χ0) is 23.5. The quantitative estimate of drug-likeness (QED) is 0.380.